The Kier molecular flexibility index (Phi) is 4.07. The topological polar surface area (TPSA) is 59.2 Å². The van der Waals surface area contributed by atoms with Crippen molar-refractivity contribution < 1.29 is 9.32 Å². The lowest BCUT2D eigenvalue weighted by Crippen LogP contribution is -2.24. The fourth-order valence-electron chi connectivity index (χ4n) is 3.32. The van der Waals surface area contributed by atoms with Crippen LogP contribution in [-0.2, 0) is 4.79 Å². The molecule has 1 atom stereocenters. The van der Waals surface area contributed by atoms with Crippen LogP contribution in [0, 0.1) is 20.8 Å². The van der Waals surface area contributed by atoms with Gasteiger partial charge >= 0.3 is 0 Å². The Morgan fingerprint density at radius 1 is 1.08 bits per heavy atom. The number of carbonyl (C=O) groups excluding carboxylic acids is 1. The normalized spacial score (nSPS) is 17.1. The van der Waals surface area contributed by atoms with E-state index >= 15 is 0 Å². The van der Waals surface area contributed by atoms with Crippen LogP contribution in [0.2, 0.25) is 0 Å². The molecule has 2 heterocycles. The summed E-state index contributed by atoms with van der Waals surface area (Å²) in [7, 11) is 0. The number of benzene rings is 2. The van der Waals surface area contributed by atoms with Gasteiger partial charge in [0.2, 0.25) is 17.6 Å². The molecule has 1 aliphatic rings. The van der Waals surface area contributed by atoms with Crippen molar-refractivity contribution in [1.82, 2.24) is 10.1 Å². The van der Waals surface area contributed by atoms with Gasteiger partial charge < -0.3 is 9.42 Å². The summed E-state index contributed by atoms with van der Waals surface area (Å²) in [5, 5.41) is 4.10. The highest BCUT2D eigenvalue weighted by Gasteiger charge is 2.35. The first-order valence-corrected chi connectivity index (χ1v) is 8.79. The molecule has 1 amide bonds. The van der Waals surface area contributed by atoms with Gasteiger partial charge in [-0.05, 0) is 50.1 Å². The van der Waals surface area contributed by atoms with Crippen molar-refractivity contribution in [2.24, 2.45) is 0 Å². The maximum Gasteiger partial charge on any atom is 0.232 e. The van der Waals surface area contributed by atoms with E-state index in [2.05, 4.69) is 30.1 Å². The average Bonchev–Trinajstić information content (AvgIpc) is 3.24. The standard InChI is InChI=1S/C21H21N3O2/c1-13-5-4-6-16(9-13)20-22-21(26-23-20)17-11-19(25)24(12-17)18-8-7-14(2)15(3)10-18/h4-10,17H,11-12H2,1-3H3. The zero-order valence-electron chi connectivity index (χ0n) is 15.2. The summed E-state index contributed by atoms with van der Waals surface area (Å²) in [5.41, 5.74) is 5.40. The van der Waals surface area contributed by atoms with E-state index in [1.807, 2.05) is 48.2 Å². The summed E-state index contributed by atoms with van der Waals surface area (Å²) in [5.74, 6) is 1.12. The van der Waals surface area contributed by atoms with Crippen molar-refractivity contribution in [2.75, 3.05) is 11.4 Å². The van der Waals surface area contributed by atoms with Crippen molar-refractivity contribution in [3.05, 3.63) is 65.0 Å². The summed E-state index contributed by atoms with van der Waals surface area (Å²) < 4.78 is 5.48. The predicted octanol–water partition coefficient (Wildman–Crippen LogP) is 4.18. The van der Waals surface area contributed by atoms with E-state index in [-0.39, 0.29) is 11.8 Å². The molecule has 5 heteroatoms. The Balaban J connectivity index is 1.56. The third kappa shape index (κ3) is 3.01. The second kappa shape index (κ2) is 6.41. The number of aryl methyl sites for hydroxylation is 3. The van der Waals surface area contributed by atoms with Crippen LogP contribution in [0.1, 0.15) is 34.9 Å². The molecular weight excluding hydrogens is 326 g/mol. The Hall–Kier alpha value is -2.95. The SMILES string of the molecule is Cc1cccc(-c2noc(C3CC(=O)N(c4ccc(C)c(C)c4)C3)n2)c1. The van der Waals surface area contributed by atoms with Crippen LogP contribution in [0.15, 0.2) is 47.0 Å². The van der Waals surface area contributed by atoms with Crippen molar-refractivity contribution in [3.8, 4) is 11.4 Å². The molecule has 1 unspecified atom stereocenters. The van der Waals surface area contributed by atoms with E-state index < -0.39 is 0 Å². The first-order valence-electron chi connectivity index (χ1n) is 8.79. The monoisotopic (exact) mass is 347 g/mol. The number of rotatable bonds is 3. The number of anilines is 1. The molecule has 1 saturated heterocycles. The molecule has 0 aliphatic carbocycles. The Morgan fingerprint density at radius 3 is 2.69 bits per heavy atom. The molecule has 0 radical (unpaired) electrons. The smallest absolute Gasteiger partial charge is 0.232 e. The van der Waals surface area contributed by atoms with Gasteiger partial charge in [-0.3, -0.25) is 4.79 Å². The molecule has 1 aliphatic heterocycles. The Labute approximate surface area is 152 Å². The van der Waals surface area contributed by atoms with Gasteiger partial charge in [0.25, 0.3) is 0 Å². The zero-order valence-corrected chi connectivity index (χ0v) is 15.2. The molecule has 1 fully saturated rings. The van der Waals surface area contributed by atoms with E-state index in [1.54, 1.807) is 0 Å². The summed E-state index contributed by atoms with van der Waals surface area (Å²) in [6.07, 6.45) is 0.391. The van der Waals surface area contributed by atoms with Crippen LogP contribution in [0.25, 0.3) is 11.4 Å². The summed E-state index contributed by atoms with van der Waals surface area (Å²) in [6, 6.07) is 14.1. The zero-order chi connectivity index (χ0) is 18.3. The number of aromatic nitrogens is 2. The minimum absolute atomic E-state index is 0.0739. The average molecular weight is 347 g/mol. The van der Waals surface area contributed by atoms with Gasteiger partial charge in [-0.2, -0.15) is 4.98 Å². The van der Waals surface area contributed by atoms with Gasteiger partial charge in [-0.1, -0.05) is 35.0 Å². The van der Waals surface area contributed by atoms with Gasteiger partial charge in [0, 0.05) is 24.2 Å². The molecule has 3 aromatic rings. The maximum atomic E-state index is 12.5. The number of carbonyl (C=O) groups is 1. The summed E-state index contributed by atoms with van der Waals surface area (Å²) in [4.78, 5) is 18.9. The number of amides is 1. The van der Waals surface area contributed by atoms with Crippen LogP contribution < -0.4 is 4.90 Å². The largest absolute Gasteiger partial charge is 0.339 e. The predicted molar refractivity (Wildman–Crippen MR) is 100 cm³/mol. The fourth-order valence-corrected chi connectivity index (χ4v) is 3.32. The number of hydrogen-bond donors (Lipinski definition) is 0. The summed E-state index contributed by atoms with van der Waals surface area (Å²) in [6.45, 7) is 6.72. The van der Waals surface area contributed by atoms with Crippen molar-refractivity contribution in [2.45, 2.75) is 33.1 Å². The Bertz CT molecular complexity index is 977. The Morgan fingerprint density at radius 2 is 1.92 bits per heavy atom. The maximum absolute atomic E-state index is 12.5. The number of hydrogen-bond acceptors (Lipinski definition) is 4. The molecule has 0 spiro atoms. The van der Waals surface area contributed by atoms with Crippen LogP contribution in [0.3, 0.4) is 0 Å². The molecule has 0 saturated carbocycles. The van der Waals surface area contributed by atoms with Gasteiger partial charge in [-0.15, -0.1) is 0 Å². The van der Waals surface area contributed by atoms with E-state index in [1.165, 1.54) is 11.1 Å². The minimum atomic E-state index is -0.0739. The molecule has 1 aromatic heterocycles. The molecule has 0 N–H and O–H groups in total. The molecule has 26 heavy (non-hydrogen) atoms. The van der Waals surface area contributed by atoms with Crippen LogP contribution >= 0.6 is 0 Å². The van der Waals surface area contributed by atoms with Crippen molar-refractivity contribution in [1.29, 1.82) is 0 Å². The first kappa shape index (κ1) is 16.5. The molecule has 0 bridgehead atoms. The lowest BCUT2D eigenvalue weighted by atomic mass is 10.1. The van der Waals surface area contributed by atoms with E-state index in [0.29, 0.717) is 24.7 Å². The highest BCUT2D eigenvalue weighted by Crippen LogP contribution is 2.32. The van der Waals surface area contributed by atoms with Crippen LogP contribution in [0.5, 0.6) is 0 Å². The van der Waals surface area contributed by atoms with E-state index in [9.17, 15) is 4.79 Å². The third-order valence-corrected chi connectivity index (χ3v) is 4.99. The second-order valence-corrected chi connectivity index (χ2v) is 7.00. The quantitative estimate of drug-likeness (QED) is 0.713. The van der Waals surface area contributed by atoms with Crippen LogP contribution in [0.4, 0.5) is 5.69 Å². The molecule has 5 nitrogen and oxygen atoms in total. The molecule has 4 rings (SSSR count). The third-order valence-electron chi connectivity index (χ3n) is 4.99. The van der Waals surface area contributed by atoms with E-state index in [0.717, 1.165) is 16.8 Å². The van der Waals surface area contributed by atoms with Gasteiger partial charge in [0.1, 0.15) is 0 Å². The second-order valence-electron chi connectivity index (χ2n) is 7.00. The molecule has 2 aromatic carbocycles. The number of nitrogens with zero attached hydrogens (tertiary/aromatic N) is 3. The van der Waals surface area contributed by atoms with Crippen molar-refractivity contribution >= 4 is 11.6 Å². The van der Waals surface area contributed by atoms with E-state index in [4.69, 9.17) is 4.52 Å². The van der Waals surface area contributed by atoms with Crippen molar-refractivity contribution in [3.63, 3.8) is 0 Å². The highest BCUT2D eigenvalue weighted by molar-refractivity contribution is 5.96. The van der Waals surface area contributed by atoms with Gasteiger partial charge in [0.05, 0.1) is 5.92 Å². The minimum Gasteiger partial charge on any atom is -0.339 e. The van der Waals surface area contributed by atoms with Gasteiger partial charge in [0.15, 0.2) is 0 Å². The fraction of sp³-hybridized carbons (Fsp3) is 0.286. The molecular formula is C21H21N3O2. The summed E-state index contributed by atoms with van der Waals surface area (Å²) >= 11 is 0. The molecule has 132 valence electrons. The van der Waals surface area contributed by atoms with Crippen LogP contribution in [-0.4, -0.2) is 22.6 Å². The van der Waals surface area contributed by atoms with Gasteiger partial charge in [-0.25, -0.2) is 0 Å². The highest BCUT2D eigenvalue weighted by atomic mass is 16.5. The first-order chi connectivity index (χ1) is 12.5. The lowest BCUT2D eigenvalue weighted by molar-refractivity contribution is -0.117. The lowest BCUT2D eigenvalue weighted by Gasteiger charge is -2.17.